The molecule has 4 rings (SSSR count). The van der Waals surface area contributed by atoms with Crippen LogP contribution in [0.2, 0.25) is 0 Å². The highest BCUT2D eigenvalue weighted by Crippen LogP contribution is 2.20. The van der Waals surface area contributed by atoms with Crippen molar-refractivity contribution in [1.29, 1.82) is 0 Å². The van der Waals surface area contributed by atoms with E-state index in [0.29, 0.717) is 5.56 Å². The molecule has 40 heavy (non-hydrogen) atoms. The van der Waals surface area contributed by atoms with Gasteiger partial charge in [-0.2, -0.15) is 8.42 Å². The number of carbonyl (C=O) groups excluding carboxylic acids is 2. The molecular weight excluding hydrogens is 530 g/mol. The highest BCUT2D eigenvalue weighted by molar-refractivity contribution is 7.87. The molecule has 9 heteroatoms. The summed E-state index contributed by atoms with van der Waals surface area (Å²) >= 11 is 0. The van der Waals surface area contributed by atoms with Gasteiger partial charge in [0, 0.05) is 6.42 Å². The number of nitrogens with one attached hydrogen (secondary N) is 1. The Morgan fingerprint density at radius 2 is 1.25 bits per heavy atom. The van der Waals surface area contributed by atoms with Crippen LogP contribution < -0.4 is 9.50 Å². The van der Waals surface area contributed by atoms with Crippen LogP contribution >= 0.6 is 0 Å². The number of amides is 1. The van der Waals surface area contributed by atoms with Gasteiger partial charge in [0.2, 0.25) is 0 Å². The second kappa shape index (κ2) is 13.4. The number of aryl methyl sites for hydroxylation is 1. The predicted octanol–water partition coefficient (Wildman–Crippen LogP) is 5.34. The molecule has 0 spiro atoms. The van der Waals surface area contributed by atoms with Crippen molar-refractivity contribution in [2.24, 2.45) is 0 Å². The molecule has 0 heterocycles. The number of hydrogen-bond acceptors (Lipinski definition) is 7. The average molecular weight is 560 g/mol. The molecule has 0 aliphatic rings. The minimum Gasteiger partial charge on any atom is -0.459 e. The normalized spacial score (nSPS) is 11.7. The summed E-state index contributed by atoms with van der Waals surface area (Å²) < 4.78 is 41.2. The standard InChI is InChI=1S/C31H29NO7S/c1-23-12-18-28(19-13-23)40(35,36)39-27-16-14-24(15-17-27)20-29(30(33)37-21-25-8-4-2-5-9-25)32-31(34)38-22-26-10-6-3-7-11-26/h2-19,29H,20-22H2,1H3,(H,32,34). The van der Waals surface area contributed by atoms with E-state index in [1.165, 1.54) is 24.3 Å². The van der Waals surface area contributed by atoms with Gasteiger partial charge in [-0.1, -0.05) is 90.5 Å². The zero-order chi connectivity index (χ0) is 28.4. The SMILES string of the molecule is Cc1ccc(S(=O)(=O)Oc2ccc(CC(NC(=O)OCc3ccccc3)C(=O)OCc3ccccc3)cc2)cc1. The van der Waals surface area contributed by atoms with Gasteiger partial charge in [0.15, 0.2) is 0 Å². The highest BCUT2D eigenvalue weighted by Gasteiger charge is 2.24. The molecule has 1 unspecified atom stereocenters. The monoisotopic (exact) mass is 559 g/mol. The molecule has 8 nitrogen and oxygen atoms in total. The Labute approximate surface area is 233 Å². The fourth-order valence-corrected chi connectivity index (χ4v) is 4.66. The lowest BCUT2D eigenvalue weighted by atomic mass is 10.1. The quantitative estimate of drug-likeness (QED) is 0.195. The summed E-state index contributed by atoms with van der Waals surface area (Å²) in [6.07, 6.45) is -0.686. The lowest BCUT2D eigenvalue weighted by Gasteiger charge is -2.18. The van der Waals surface area contributed by atoms with E-state index in [1.807, 2.05) is 67.6 Å². The van der Waals surface area contributed by atoms with E-state index in [0.717, 1.165) is 16.7 Å². The Hall–Kier alpha value is -4.63. The number of rotatable bonds is 11. The number of alkyl carbamates (subject to hydrolysis) is 1. The fourth-order valence-electron chi connectivity index (χ4n) is 3.73. The van der Waals surface area contributed by atoms with Crippen molar-refractivity contribution in [3.05, 3.63) is 131 Å². The molecule has 1 atom stereocenters. The third-order valence-corrected chi connectivity index (χ3v) is 7.15. The van der Waals surface area contributed by atoms with Gasteiger partial charge in [-0.3, -0.25) is 0 Å². The van der Waals surface area contributed by atoms with Gasteiger partial charge in [0.25, 0.3) is 0 Å². The van der Waals surface area contributed by atoms with Crippen molar-refractivity contribution in [2.75, 3.05) is 0 Å². The first-order valence-electron chi connectivity index (χ1n) is 12.6. The number of benzene rings is 4. The third-order valence-electron chi connectivity index (χ3n) is 5.89. The summed E-state index contributed by atoms with van der Waals surface area (Å²) in [6.45, 7) is 1.94. The van der Waals surface area contributed by atoms with E-state index in [-0.39, 0.29) is 30.3 Å². The van der Waals surface area contributed by atoms with Crippen LogP contribution in [-0.4, -0.2) is 26.5 Å². The topological polar surface area (TPSA) is 108 Å². The van der Waals surface area contributed by atoms with E-state index in [4.69, 9.17) is 13.7 Å². The number of ether oxygens (including phenoxy) is 2. The zero-order valence-electron chi connectivity index (χ0n) is 21.9. The maximum Gasteiger partial charge on any atom is 0.408 e. The van der Waals surface area contributed by atoms with Crippen LogP contribution in [0, 0.1) is 6.92 Å². The van der Waals surface area contributed by atoms with Gasteiger partial charge >= 0.3 is 22.2 Å². The second-order valence-corrected chi connectivity index (χ2v) is 10.6. The number of hydrogen-bond donors (Lipinski definition) is 1. The zero-order valence-corrected chi connectivity index (χ0v) is 22.7. The van der Waals surface area contributed by atoms with Gasteiger partial charge in [-0.05, 0) is 47.9 Å². The van der Waals surface area contributed by atoms with Crippen LogP contribution in [0.25, 0.3) is 0 Å². The van der Waals surface area contributed by atoms with Gasteiger partial charge in [-0.15, -0.1) is 0 Å². The van der Waals surface area contributed by atoms with Crippen molar-refractivity contribution >= 4 is 22.2 Å². The Morgan fingerprint density at radius 3 is 1.82 bits per heavy atom. The molecule has 4 aromatic carbocycles. The Morgan fingerprint density at radius 1 is 0.700 bits per heavy atom. The molecular formula is C31H29NO7S. The van der Waals surface area contributed by atoms with Crippen LogP contribution in [0.15, 0.2) is 114 Å². The van der Waals surface area contributed by atoms with Gasteiger partial charge in [0.1, 0.15) is 29.9 Å². The minimum absolute atomic E-state index is 0.0416. The molecule has 0 aliphatic carbocycles. The van der Waals surface area contributed by atoms with E-state index in [1.54, 1.807) is 24.3 Å². The van der Waals surface area contributed by atoms with Crippen molar-refractivity contribution < 1.29 is 31.7 Å². The van der Waals surface area contributed by atoms with Gasteiger partial charge in [0.05, 0.1) is 0 Å². The van der Waals surface area contributed by atoms with Gasteiger partial charge in [-0.25, -0.2) is 9.59 Å². The minimum atomic E-state index is -4.01. The Kier molecular flexibility index (Phi) is 9.53. The molecule has 0 radical (unpaired) electrons. The van der Waals surface area contributed by atoms with Crippen molar-refractivity contribution in [1.82, 2.24) is 5.32 Å². The summed E-state index contributed by atoms with van der Waals surface area (Å²) in [5.74, 6) is -0.523. The van der Waals surface area contributed by atoms with Crippen molar-refractivity contribution in [3.63, 3.8) is 0 Å². The fraction of sp³-hybridized carbons (Fsp3) is 0.161. The third kappa shape index (κ3) is 8.44. The smallest absolute Gasteiger partial charge is 0.408 e. The molecule has 206 valence electrons. The molecule has 1 N–H and O–H groups in total. The molecule has 1 amide bonds. The van der Waals surface area contributed by atoms with Crippen LogP contribution in [0.5, 0.6) is 5.75 Å². The summed E-state index contributed by atoms with van der Waals surface area (Å²) in [7, 11) is -4.01. The molecule has 0 aromatic heterocycles. The van der Waals surface area contributed by atoms with Crippen LogP contribution in [-0.2, 0) is 44.0 Å². The van der Waals surface area contributed by atoms with E-state index in [9.17, 15) is 18.0 Å². The predicted molar refractivity (Wildman–Crippen MR) is 149 cm³/mol. The van der Waals surface area contributed by atoms with Gasteiger partial charge < -0.3 is 19.0 Å². The lowest BCUT2D eigenvalue weighted by molar-refractivity contribution is -0.147. The maximum atomic E-state index is 13.0. The van der Waals surface area contributed by atoms with Crippen LogP contribution in [0.3, 0.4) is 0 Å². The highest BCUT2D eigenvalue weighted by atomic mass is 32.2. The Bertz CT molecular complexity index is 1510. The second-order valence-electron chi connectivity index (χ2n) is 9.05. The number of carbonyl (C=O) groups is 2. The maximum absolute atomic E-state index is 13.0. The molecule has 4 aromatic rings. The van der Waals surface area contributed by atoms with Crippen molar-refractivity contribution in [3.8, 4) is 5.75 Å². The first-order chi connectivity index (χ1) is 19.3. The van der Waals surface area contributed by atoms with E-state index >= 15 is 0 Å². The molecule has 0 aliphatic heterocycles. The molecule has 0 saturated heterocycles. The summed E-state index contributed by atoms with van der Waals surface area (Å²) in [5, 5.41) is 2.59. The summed E-state index contributed by atoms with van der Waals surface area (Å²) in [5.41, 5.74) is 3.18. The largest absolute Gasteiger partial charge is 0.459 e. The molecule has 0 bridgehead atoms. The van der Waals surface area contributed by atoms with E-state index < -0.39 is 28.2 Å². The summed E-state index contributed by atoms with van der Waals surface area (Å²) in [4.78, 5) is 25.5. The summed E-state index contributed by atoms with van der Waals surface area (Å²) in [6, 6.07) is 29.9. The first-order valence-corrected chi connectivity index (χ1v) is 14.0. The van der Waals surface area contributed by atoms with E-state index in [2.05, 4.69) is 5.32 Å². The Balaban J connectivity index is 1.42. The average Bonchev–Trinajstić information content (AvgIpc) is 2.96. The first kappa shape index (κ1) is 28.4. The van der Waals surface area contributed by atoms with Crippen LogP contribution in [0.4, 0.5) is 4.79 Å². The van der Waals surface area contributed by atoms with Crippen LogP contribution in [0.1, 0.15) is 22.3 Å². The molecule has 0 fully saturated rings. The molecule has 0 saturated carbocycles. The van der Waals surface area contributed by atoms with Crippen molar-refractivity contribution in [2.45, 2.75) is 37.5 Å². The number of esters is 1. The lowest BCUT2D eigenvalue weighted by Crippen LogP contribution is -2.43.